The van der Waals surface area contributed by atoms with Crippen LogP contribution in [0.4, 0.5) is 0 Å². The van der Waals surface area contributed by atoms with Gasteiger partial charge in [0.2, 0.25) is 0 Å². The minimum absolute atomic E-state index is 0.585. The maximum absolute atomic E-state index is 4.83. The highest BCUT2D eigenvalue weighted by molar-refractivity contribution is 9.10. The molecular formula is C17H17BrN2. The molecule has 20 heavy (non-hydrogen) atoms. The van der Waals surface area contributed by atoms with E-state index in [1.165, 1.54) is 43.2 Å². The largest absolute Gasteiger partial charge is 0.233 e. The van der Waals surface area contributed by atoms with Crippen molar-refractivity contribution in [1.82, 2.24) is 9.97 Å². The Morgan fingerprint density at radius 2 is 1.75 bits per heavy atom. The molecule has 0 unspecified atom stereocenters. The fourth-order valence-electron chi connectivity index (χ4n) is 2.90. The zero-order valence-corrected chi connectivity index (χ0v) is 12.9. The molecule has 2 aliphatic carbocycles. The quantitative estimate of drug-likeness (QED) is 0.736. The van der Waals surface area contributed by atoms with Crippen LogP contribution in [0, 0.1) is 0 Å². The van der Waals surface area contributed by atoms with Gasteiger partial charge in [0.1, 0.15) is 10.4 Å². The minimum atomic E-state index is 0.585. The average molecular weight is 329 g/mol. The lowest BCUT2D eigenvalue weighted by Crippen LogP contribution is -2.10. The highest BCUT2D eigenvalue weighted by Crippen LogP contribution is 2.42. The number of hydrogen-bond acceptors (Lipinski definition) is 2. The van der Waals surface area contributed by atoms with Crippen LogP contribution in [0.1, 0.15) is 55.3 Å². The molecule has 2 saturated carbocycles. The molecule has 1 heterocycles. The van der Waals surface area contributed by atoms with E-state index >= 15 is 0 Å². The number of hydrogen-bond donors (Lipinski definition) is 0. The number of halogens is 1. The maximum atomic E-state index is 4.83. The second-order valence-corrected chi connectivity index (χ2v) is 6.74. The molecule has 4 rings (SSSR count). The number of nitrogens with zero attached hydrogens (tertiary/aromatic N) is 2. The smallest absolute Gasteiger partial charge is 0.133 e. The zero-order valence-electron chi connectivity index (χ0n) is 11.3. The van der Waals surface area contributed by atoms with Crippen molar-refractivity contribution in [2.45, 2.75) is 43.9 Å². The van der Waals surface area contributed by atoms with Crippen LogP contribution in [-0.2, 0) is 0 Å². The first-order valence-electron chi connectivity index (χ1n) is 7.45. The van der Waals surface area contributed by atoms with Crippen LogP contribution in [0.25, 0.3) is 11.3 Å². The van der Waals surface area contributed by atoms with Gasteiger partial charge >= 0.3 is 0 Å². The number of benzene rings is 1. The van der Waals surface area contributed by atoms with Crippen LogP contribution in [0.5, 0.6) is 0 Å². The Morgan fingerprint density at radius 3 is 2.45 bits per heavy atom. The molecule has 0 bridgehead atoms. The van der Waals surface area contributed by atoms with E-state index in [1.807, 2.05) is 0 Å². The third-order valence-corrected chi connectivity index (χ3v) is 4.84. The molecule has 3 heteroatoms. The van der Waals surface area contributed by atoms with E-state index in [-0.39, 0.29) is 0 Å². The molecule has 1 aromatic carbocycles. The summed E-state index contributed by atoms with van der Waals surface area (Å²) in [5, 5.41) is 0. The van der Waals surface area contributed by atoms with Crippen LogP contribution >= 0.6 is 15.9 Å². The van der Waals surface area contributed by atoms with Crippen LogP contribution < -0.4 is 0 Å². The molecule has 2 fully saturated rings. The van der Waals surface area contributed by atoms with E-state index in [1.54, 1.807) is 0 Å². The topological polar surface area (TPSA) is 25.8 Å². The van der Waals surface area contributed by atoms with Gasteiger partial charge in [-0.05, 0) is 59.2 Å². The van der Waals surface area contributed by atoms with Gasteiger partial charge in [-0.2, -0.15) is 0 Å². The molecule has 2 nitrogen and oxygen atoms in total. The summed E-state index contributed by atoms with van der Waals surface area (Å²) in [6.45, 7) is 0. The van der Waals surface area contributed by atoms with Crippen molar-refractivity contribution in [2.24, 2.45) is 0 Å². The molecule has 0 radical (unpaired) electrons. The Balaban J connectivity index is 1.80. The van der Waals surface area contributed by atoms with Crippen molar-refractivity contribution in [1.29, 1.82) is 0 Å². The third-order valence-electron chi connectivity index (χ3n) is 4.44. The lowest BCUT2D eigenvalue weighted by atomic mass is 9.78. The molecule has 0 saturated heterocycles. The van der Waals surface area contributed by atoms with Gasteiger partial charge in [-0.3, -0.25) is 0 Å². The van der Waals surface area contributed by atoms with Crippen LogP contribution in [0.2, 0.25) is 0 Å². The Bertz CT molecular complexity index is 645. The molecule has 0 amide bonds. The lowest BCUT2D eigenvalue weighted by molar-refractivity contribution is 0.420. The summed E-state index contributed by atoms with van der Waals surface area (Å²) < 4.78 is 0.910. The van der Waals surface area contributed by atoms with Crippen molar-refractivity contribution in [2.75, 3.05) is 0 Å². The van der Waals surface area contributed by atoms with E-state index < -0.39 is 0 Å². The molecular weight excluding hydrogens is 312 g/mol. The Kier molecular flexibility index (Phi) is 3.10. The number of rotatable bonds is 3. The highest BCUT2D eigenvalue weighted by Gasteiger charge is 2.28. The normalized spacial score (nSPS) is 18.9. The van der Waals surface area contributed by atoms with Gasteiger partial charge in [0.15, 0.2) is 0 Å². The molecule has 2 aromatic rings. The molecule has 0 spiro atoms. The van der Waals surface area contributed by atoms with Crippen LogP contribution in [0.3, 0.4) is 0 Å². The van der Waals surface area contributed by atoms with Gasteiger partial charge in [0.05, 0.1) is 5.69 Å². The molecule has 0 aliphatic heterocycles. The second-order valence-electron chi connectivity index (χ2n) is 5.92. The van der Waals surface area contributed by atoms with E-state index in [4.69, 9.17) is 4.98 Å². The Labute approximate surface area is 127 Å². The van der Waals surface area contributed by atoms with Crippen molar-refractivity contribution in [3.05, 3.63) is 46.3 Å². The summed E-state index contributed by atoms with van der Waals surface area (Å²) in [6.07, 6.45) is 6.47. The van der Waals surface area contributed by atoms with Gasteiger partial charge in [-0.15, -0.1) is 0 Å². The lowest BCUT2D eigenvalue weighted by Gasteiger charge is -2.27. The van der Waals surface area contributed by atoms with E-state index in [2.05, 4.69) is 51.2 Å². The first-order valence-corrected chi connectivity index (χ1v) is 8.24. The molecule has 1 aromatic heterocycles. The number of aromatic nitrogens is 2. The van der Waals surface area contributed by atoms with Gasteiger partial charge < -0.3 is 0 Å². The Hall–Kier alpha value is -1.22. The van der Waals surface area contributed by atoms with Crippen molar-refractivity contribution in [3.63, 3.8) is 0 Å². The summed E-state index contributed by atoms with van der Waals surface area (Å²) >= 11 is 3.55. The zero-order chi connectivity index (χ0) is 13.5. The van der Waals surface area contributed by atoms with Gasteiger partial charge in [-0.25, -0.2) is 9.97 Å². The predicted octanol–water partition coefficient (Wildman–Crippen LogP) is 5.05. The molecule has 0 N–H and O–H groups in total. The summed E-state index contributed by atoms with van der Waals surface area (Å²) in [4.78, 5) is 9.36. The fraction of sp³-hybridized carbons (Fsp3) is 0.412. The van der Waals surface area contributed by atoms with Gasteiger partial charge in [-0.1, -0.05) is 30.7 Å². The summed E-state index contributed by atoms with van der Waals surface area (Å²) in [6, 6.07) is 10.8. The van der Waals surface area contributed by atoms with Crippen LogP contribution in [-0.4, -0.2) is 9.97 Å². The van der Waals surface area contributed by atoms with E-state index in [9.17, 15) is 0 Å². The summed E-state index contributed by atoms with van der Waals surface area (Å²) in [7, 11) is 0. The molecule has 102 valence electrons. The SMILES string of the molecule is Brc1cc(-c2ccccc2C2CCC2)nc(C2CC2)n1. The minimum Gasteiger partial charge on any atom is -0.233 e. The van der Waals surface area contributed by atoms with E-state index in [0.717, 1.165) is 22.0 Å². The molecule has 0 atom stereocenters. The predicted molar refractivity (Wildman–Crippen MR) is 83.7 cm³/mol. The fourth-order valence-corrected chi connectivity index (χ4v) is 3.30. The van der Waals surface area contributed by atoms with Crippen LogP contribution in [0.15, 0.2) is 34.9 Å². The van der Waals surface area contributed by atoms with Crippen molar-refractivity contribution >= 4 is 15.9 Å². The van der Waals surface area contributed by atoms with Crippen molar-refractivity contribution < 1.29 is 0 Å². The Morgan fingerprint density at radius 1 is 0.950 bits per heavy atom. The monoisotopic (exact) mass is 328 g/mol. The third kappa shape index (κ3) is 2.28. The molecule has 2 aliphatic rings. The van der Waals surface area contributed by atoms with E-state index in [0.29, 0.717) is 5.92 Å². The maximum Gasteiger partial charge on any atom is 0.133 e. The summed E-state index contributed by atoms with van der Waals surface area (Å²) in [5.41, 5.74) is 3.84. The van der Waals surface area contributed by atoms with Gasteiger partial charge in [0, 0.05) is 11.5 Å². The second kappa shape index (κ2) is 4.96. The first kappa shape index (κ1) is 12.5. The van der Waals surface area contributed by atoms with Crippen molar-refractivity contribution in [3.8, 4) is 11.3 Å². The average Bonchev–Trinajstić information content (AvgIpc) is 3.21. The standard InChI is InChI=1S/C17H17BrN2/c18-16-10-15(19-17(20-16)12-8-9-12)14-7-2-1-6-13(14)11-4-3-5-11/h1-2,6-7,10-12H,3-5,8-9H2. The van der Waals surface area contributed by atoms with Gasteiger partial charge in [0.25, 0.3) is 0 Å². The first-order chi connectivity index (χ1) is 9.81. The highest BCUT2D eigenvalue weighted by atomic mass is 79.9. The summed E-state index contributed by atoms with van der Waals surface area (Å²) in [5.74, 6) is 2.32.